The fourth-order valence-electron chi connectivity index (χ4n) is 2.23. The molecule has 1 aliphatic rings. The first kappa shape index (κ1) is 11.8. The van der Waals surface area contributed by atoms with Gasteiger partial charge in [-0.2, -0.15) is 0 Å². The van der Waals surface area contributed by atoms with Crippen molar-refractivity contribution in [1.82, 2.24) is 0 Å². The Bertz CT molecular complexity index is 411. The van der Waals surface area contributed by atoms with Gasteiger partial charge in [-0.3, -0.25) is 9.59 Å². The van der Waals surface area contributed by atoms with Gasteiger partial charge >= 0.3 is 5.97 Å². The standard InChI is InChI=1S/C14H16O3/c1-10(15)12-9-14(16)17-13(12)8-7-11-5-3-2-4-6-11/h2-6,12-13H,7-9H2,1H3. The zero-order valence-electron chi connectivity index (χ0n) is 9.89. The van der Waals surface area contributed by atoms with Gasteiger partial charge in [0, 0.05) is 0 Å². The van der Waals surface area contributed by atoms with Crippen molar-refractivity contribution in [2.45, 2.75) is 32.3 Å². The number of esters is 1. The lowest BCUT2D eigenvalue weighted by Crippen LogP contribution is -2.22. The molecule has 0 saturated carbocycles. The van der Waals surface area contributed by atoms with Crippen molar-refractivity contribution in [3.63, 3.8) is 0 Å². The third-order valence-corrected chi connectivity index (χ3v) is 3.20. The largest absolute Gasteiger partial charge is 0.462 e. The Morgan fingerprint density at radius 2 is 2.06 bits per heavy atom. The number of ketones is 1. The summed E-state index contributed by atoms with van der Waals surface area (Å²) < 4.78 is 5.20. The van der Waals surface area contributed by atoms with Gasteiger partial charge in [0.05, 0.1) is 12.3 Å². The van der Waals surface area contributed by atoms with E-state index in [1.807, 2.05) is 30.3 Å². The first-order chi connectivity index (χ1) is 8.16. The Hall–Kier alpha value is -1.64. The molecule has 3 heteroatoms. The molecule has 17 heavy (non-hydrogen) atoms. The molecule has 1 aromatic carbocycles. The predicted molar refractivity (Wildman–Crippen MR) is 63.4 cm³/mol. The van der Waals surface area contributed by atoms with Crippen LogP contribution in [0.15, 0.2) is 30.3 Å². The lowest BCUT2D eigenvalue weighted by Gasteiger charge is -2.14. The summed E-state index contributed by atoms with van der Waals surface area (Å²) >= 11 is 0. The van der Waals surface area contributed by atoms with Crippen molar-refractivity contribution in [2.24, 2.45) is 5.92 Å². The summed E-state index contributed by atoms with van der Waals surface area (Å²) in [6, 6.07) is 10.0. The lowest BCUT2D eigenvalue weighted by atomic mass is 9.93. The Balaban J connectivity index is 1.94. The zero-order chi connectivity index (χ0) is 12.3. The average Bonchev–Trinajstić information content (AvgIpc) is 2.69. The maximum atomic E-state index is 11.4. The van der Waals surface area contributed by atoms with Crippen LogP contribution >= 0.6 is 0 Å². The number of cyclic esters (lactones) is 1. The van der Waals surface area contributed by atoms with E-state index in [2.05, 4.69) is 0 Å². The molecule has 3 nitrogen and oxygen atoms in total. The van der Waals surface area contributed by atoms with Gasteiger partial charge in [-0.1, -0.05) is 30.3 Å². The molecule has 0 aliphatic carbocycles. The van der Waals surface area contributed by atoms with Crippen LogP contribution in [-0.4, -0.2) is 17.9 Å². The van der Waals surface area contributed by atoms with E-state index in [1.54, 1.807) is 0 Å². The number of aryl methyl sites for hydroxylation is 1. The van der Waals surface area contributed by atoms with Crippen LogP contribution in [0.2, 0.25) is 0 Å². The maximum absolute atomic E-state index is 11.4. The fraction of sp³-hybridized carbons (Fsp3) is 0.429. The molecule has 1 fully saturated rings. The topological polar surface area (TPSA) is 43.4 Å². The van der Waals surface area contributed by atoms with E-state index in [4.69, 9.17) is 4.74 Å². The highest BCUT2D eigenvalue weighted by Gasteiger charge is 2.37. The summed E-state index contributed by atoms with van der Waals surface area (Å²) in [6.45, 7) is 1.53. The third-order valence-electron chi connectivity index (χ3n) is 3.20. The molecule has 0 radical (unpaired) electrons. The fourth-order valence-corrected chi connectivity index (χ4v) is 2.23. The van der Waals surface area contributed by atoms with Crippen LogP contribution in [0.3, 0.4) is 0 Å². The van der Waals surface area contributed by atoms with E-state index >= 15 is 0 Å². The van der Waals surface area contributed by atoms with Crippen LogP contribution in [0.1, 0.15) is 25.3 Å². The monoisotopic (exact) mass is 232 g/mol. The Labute approximate surface area is 101 Å². The van der Waals surface area contributed by atoms with Gasteiger partial charge < -0.3 is 4.74 Å². The highest BCUT2D eigenvalue weighted by atomic mass is 16.5. The van der Waals surface area contributed by atoms with Crippen LogP contribution in [0.5, 0.6) is 0 Å². The van der Waals surface area contributed by atoms with E-state index in [0.29, 0.717) is 0 Å². The lowest BCUT2D eigenvalue weighted by molar-refractivity contribution is -0.141. The van der Waals surface area contributed by atoms with Crippen molar-refractivity contribution in [2.75, 3.05) is 0 Å². The SMILES string of the molecule is CC(=O)C1CC(=O)OC1CCc1ccccc1. The van der Waals surface area contributed by atoms with E-state index in [9.17, 15) is 9.59 Å². The van der Waals surface area contributed by atoms with Gasteiger partial charge in [0.15, 0.2) is 0 Å². The molecule has 90 valence electrons. The van der Waals surface area contributed by atoms with Gasteiger partial charge in [-0.15, -0.1) is 0 Å². The molecule has 2 unspecified atom stereocenters. The van der Waals surface area contributed by atoms with Crippen molar-refractivity contribution >= 4 is 11.8 Å². The van der Waals surface area contributed by atoms with Gasteiger partial charge in [0.2, 0.25) is 0 Å². The summed E-state index contributed by atoms with van der Waals surface area (Å²) in [5.41, 5.74) is 1.21. The minimum Gasteiger partial charge on any atom is -0.462 e. The van der Waals surface area contributed by atoms with Crippen molar-refractivity contribution in [3.05, 3.63) is 35.9 Å². The van der Waals surface area contributed by atoms with Crippen LogP contribution in [0, 0.1) is 5.92 Å². The average molecular weight is 232 g/mol. The Kier molecular flexibility index (Phi) is 3.57. The van der Waals surface area contributed by atoms with Gasteiger partial charge in [-0.05, 0) is 25.3 Å². The molecule has 2 atom stereocenters. The molecule has 0 bridgehead atoms. The number of benzene rings is 1. The molecule has 2 rings (SSSR count). The molecule has 0 aromatic heterocycles. The quantitative estimate of drug-likeness (QED) is 0.747. The van der Waals surface area contributed by atoms with Crippen LogP contribution < -0.4 is 0 Å². The molecule has 1 heterocycles. The summed E-state index contributed by atoms with van der Waals surface area (Å²) in [5, 5.41) is 0. The van der Waals surface area contributed by atoms with E-state index < -0.39 is 0 Å². The van der Waals surface area contributed by atoms with Crippen molar-refractivity contribution < 1.29 is 14.3 Å². The maximum Gasteiger partial charge on any atom is 0.306 e. The second-order valence-corrected chi connectivity index (χ2v) is 4.47. The van der Waals surface area contributed by atoms with Crippen LogP contribution in [0.4, 0.5) is 0 Å². The Morgan fingerprint density at radius 1 is 1.35 bits per heavy atom. The van der Waals surface area contributed by atoms with Crippen molar-refractivity contribution in [1.29, 1.82) is 0 Å². The molecule has 1 aromatic rings. The van der Waals surface area contributed by atoms with Gasteiger partial charge in [-0.25, -0.2) is 0 Å². The number of carbonyl (C=O) groups excluding carboxylic acids is 2. The number of carbonyl (C=O) groups is 2. The van der Waals surface area contributed by atoms with Crippen LogP contribution in [-0.2, 0) is 20.7 Å². The molecule has 0 spiro atoms. The summed E-state index contributed by atoms with van der Waals surface area (Å²) in [6.07, 6.45) is 1.57. The van der Waals surface area contributed by atoms with Crippen molar-refractivity contribution in [3.8, 4) is 0 Å². The summed E-state index contributed by atoms with van der Waals surface area (Å²) in [5.74, 6) is -0.441. The van der Waals surface area contributed by atoms with Crippen LogP contribution in [0.25, 0.3) is 0 Å². The minimum absolute atomic E-state index is 0.0499. The number of ether oxygens (including phenoxy) is 1. The minimum atomic E-state index is -0.247. The first-order valence-electron chi connectivity index (χ1n) is 5.90. The number of hydrogen-bond acceptors (Lipinski definition) is 3. The third kappa shape index (κ3) is 2.93. The number of hydrogen-bond donors (Lipinski definition) is 0. The number of Topliss-reactive ketones (excluding diaryl/α,β-unsaturated/α-hetero) is 1. The molecule has 1 saturated heterocycles. The van der Waals surface area contributed by atoms with E-state index in [-0.39, 0.29) is 30.2 Å². The molecular weight excluding hydrogens is 216 g/mol. The highest BCUT2D eigenvalue weighted by molar-refractivity contribution is 5.86. The smallest absolute Gasteiger partial charge is 0.306 e. The predicted octanol–water partition coefficient (Wildman–Crippen LogP) is 2.14. The zero-order valence-corrected chi connectivity index (χ0v) is 9.89. The Morgan fingerprint density at radius 3 is 2.71 bits per heavy atom. The van der Waals surface area contributed by atoms with Gasteiger partial charge in [0.25, 0.3) is 0 Å². The second kappa shape index (κ2) is 5.13. The molecule has 0 amide bonds. The van der Waals surface area contributed by atoms with E-state index in [1.165, 1.54) is 12.5 Å². The highest BCUT2D eigenvalue weighted by Crippen LogP contribution is 2.26. The molecule has 1 aliphatic heterocycles. The summed E-state index contributed by atoms with van der Waals surface area (Å²) in [4.78, 5) is 22.6. The molecule has 0 N–H and O–H groups in total. The number of rotatable bonds is 4. The first-order valence-corrected chi connectivity index (χ1v) is 5.90. The second-order valence-electron chi connectivity index (χ2n) is 4.47. The van der Waals surface area contributed by atoms with Gasteiger partial charge in [0.1, 0.15) is 11.9 Å². The molecular formula is C14H16O3. The summed E-state index contributed by atoms with van der Waals surface area (Å²) in [7, 11) is 0. The van der Waals surface area contributed by atoms with E-state index in [0.717, 1.165) is 12.8 Å². The normalized spacial score (nSPS) is 23.5.